The summed E-state index contributed by atoms with van der Waals surface area (Å²) >= 11 is 0. The largest absolute Gasteiger partial charge is 0.351 e. The van der Waals surface area contributed by atoms with Crippen molar-refractivity contribution >= 4 is 27.5 Å². The van der Waals surface area contributed by atoms with Crippen molar-refractivity contribution in [1.29, 1.82) is 0 Å². The Labute approximate surface area is 183 Å². The first-order valence-electron chi connectivity index (χ1n) is 10.4. The summed E-state index contributed by atoms with van der Waals surface area (Å²) in [6, 6.07) is 14.1. The van der Waals surface area contributed by atoms with Crippen LogP contribution in [-0.4, -0.2) is 36.3 Å². The molecule has 2 aromatic rings. The summed E-state index contributed by atoms with van der Waals surface area (Å²) in [7, 11) is -3.54. The Morgan fingerprint density at radius 1 is 1.10 bits per heavy atom. The fourth-order valence-electron chi connectivity index (χ4n) is 3.53. The Kier molecular flexibility index (Phi) is 7.12. The van der Waals surface area contributed by atoms with Gasteiger partial charge < -0.3 is 10.6 Å². The molecule has 0 spiro atoms. The van der Waals surface area contributed by atoms with Gasteiger partial charge in [0.2, 0.25) is 21.8 Å². The first-order valence-corrected chi connectivity index (χ1v) is 12.1. The van der Waals surface area contributed by atoms with E-state index in [0.29, 0.717) is 12.1 Å². The highest BCUT2D eigenvalue weighted by molar-refractivity contribution is 7.89. The van der Waals surface area contributed by atoms with E-state index in [4.69, 9.17) is 0 Å². The molecule has 0 bridgehead atoms. The Balaban J connectivity index is 1.73. The van der Waals surface area contributed by atoms with Gasteiger partial charge >= 0.3 is 0 Å². The predicted molar refractivity (Wildman–Crippen MR) is 121 cm³/mol. The van der Waals surface area contributed by atoms with E-state index in [1.54, 1.807) is 19.1 Å². The minimum Gasteiger partial charge on any atom is -0.351 e. The summed E-state index contributed by atoms with van der Waals surface area (Å²) < 4.78 is 26.6. The van der Waals surface area contributed by atoms with Crippen molar-refractivity contribution < 1.29 is 18.0 Å². The summed E-state index contributed by atoms with van der Waals surface area (Å²) in [6.45, 7) is 5.65. The van der Waals surface area contributed by atoms with Crippen LogP contribution in [0.2, 0.25) is 0 Å². The molecule has 1 unspecified atom stereocenters. The molecule has 1 aliphatic rings. The third-order valence-corrected chi connectivity index (χ3v) is 7.24. The van der Waals surface area contributed by atoms with Crippen LogP contribution in [0.3, 0.4) is 0 Å². The van der Waals surface area contributed by atoms with Gasteiger partial charge in [-0.15, -0.1) is 0 Å². The van der Waals surface area contributed by atoms with Gasteiger partial charge in [-0.2, -0.15) is 4.31 Å². The number of fused-ring (bicyclic) bond motifs is 1. The minimum absolute atomic E-state index is 0.0590. The number of rotatable bonds is 7. The molecule has 0 radical (unpaired) electrons. The molecule has 1 atom stereocenters. The zero-order valence-electron chi connectivity index (χ0n) is 18.1. The highest BCUT2D eigenvalue weighted by Gasteiger charge is 2.37. The van der Waals surface area contributed by atoms with Crippen LogP contribution < -0.4 is 10.6 Å². The molecule has 7 nitrogen and oxygen atoms in total. The van der Waals surface area contributed by atoms with Crippen molar-refractivity contribution in [1.82, 2.24) is 9.62 Å². The normalized spacial score (nSPS) is 16.6. The average molecular weight is 444 g/mol. The van der Waals surface area contributed by atoms with Gasteiger partial charge in [-0.25, -0.2) is 8.42 Å². The number of benzene rings is 2. The van der Waals surface area contributed by atoms with Crippen LogP contribution in [0.15, 0.2) is 48.5 Å². The highest BCUT2D eigenvalue weighted by atomic mass is 32.2. The monoisotopic (exact) mass is 443 g/mol. The molecule has 0 saturated heterocycles. The molecular formula is C23H29N3O4S. The number of sulfonamides is 1. The van der Waals surface area contributed by atoms with Gasteiger partial charge in [-0.1, -0.05) is 50.2 Å². The SMILES string of the molecule is CCS(=O)(=O)N1Cc2ccccc2CC1C(=O)NCc1cccc(NC(=O)C(C)C)c1. The lowest BCUT2D eigenvalue weighted by molar-refractivity contribution is -0.125. The molecular weight excluding hydrogens is 414 g/mol. The van der Waals surface area contributed by atoms with Gasteiger partial charge in [-0.3, -0.25) is 9.59 Å². The van der Waals surface area contributed by atoms with Crippen molar-refractivity contribution in [2.24, 2.45) is 5.92 Å². The van der Waals surface area contributed by atoms with Gasteiger partial charge in [0.15, 0.2) is 0 Å². The third kappa shape index (κ3) is 5.51. The van der Waals surface area contributed by atoms with Crippen LogP contribution in [0.4, 0.5) is 5.69 Å². The number of carbonyl (C=O) groups is 2. The fourth-order valence-corrected chi connectivity index (χ4v) is 4.76. The maximum absolute atomic E-state index is 13.0. The molecule has 2 N–H and O–H groups in total. The van der Waals surface area contributed by atoms with E-state index in [0.717, 1.165) is 16.7 Å². The topological polar surface area (TPSA) is 95.6 Å². The first-order chi connectivity index (χ1) is 14.7. The fraction of sp³-hybridized carbons (Fsp3) is 0.391. The third-order valence-electron chi connectivity index (χ3n) is 5.42. The van der Waals surface area contributed by atoms with Crippen LogP contribution in [0.5, 0.6) is 0 Å². The maximum atomic E-state index is 13.0. The van der Waals surface area contributed by atoms with Gasteiger partial charge in [0, 0.05) is 24.7 Å². The quantitative estimate of drug-likeness (QED) is 0.688. The van der Waals surface area contributed by atoms with Gasteiger partial charge in [0.25, 0.3) is 0 Å². The van der Waals surface area contributed by atoms with Crippen molar-refractivity contribution in [3.05, 3.63) is 65.2 Å². The zero-order valence-corrected chi connectivity index (χ0v) is 18.9. The van der Waals surface area contributed by atoms with E-state index in [2.05, 4.69) is 10.6 Å². The number of carbonyl (C=O) groups excluding carboxylic acids is 2. The number of hydrogen-bond donors (Lipinski definition) is 2. The van der Waals surface area contributed by atoms with E-state index in [1.165, 1.54) is 4.31 Å². The van der Waals surface area contributed by atoms with E-state index in [1.807, 2.05) is 50.2 Å². The Bertz CT molecular complexity index is 1070. The summed E-state index contributed by atoms with van der Waals surface area (Å²) in [5.74, 6) is -0.606. The van der Waals surface area contributed by atoms with Crippen molar-refractivity contribution in [2.45, 2.75) is 46.3 Å². The summed E-state index contributed by atoms with van der Waals surface area (Å²) in [4.78, 5) is 24.9. The number of amides is 2. The molecule has 0 aromatic heterocycles. The van der Waals surface area contributed by atoms with Gasteiger partial charge in [0.1, 0.15) is 6.04 Å². The zero-order chi connectivity index (χ0) is 22.6. The van der Waals surface area contributed by atoms with Crippen LogP contribution in [0.25, 0.3) is 0 Å². The molecule has 0 saturated carbocycles. The number of anilines is 1. The minimum atomic E-state index is -3.54. The van der Waals surface area contributed by atoms with Crippen LogP contribution in [-0.2, 0) is 39.1 Å². The highest BCUT2D eigenvalue weighted by Crippen LogP contribution is 2.26. The molecule has 2 aromatic carbocycles. The molecule has 3 rings (SSSR count). The Morgan fingerprint density at radius 3 is 2.48 bits per heavy atom. The van der Waals surface area contributed by atoms with Crippen molar-refractivity contribution in [3.8, 4) is 0 Å². The van der Waals surface area contributed by atoms with E-state index in [-0.39, 0.29) is 36.6 Å². The first kappa shape index (κ1) is 23.0. The van der Waals surface area contributed by atoms with Crippen LogP contribution in [0.1, 0.15) is 37.5 Å². The average Bonchev–Trinajstić information content (AvgIpc) is 2.76. The Morgan fingerprint density at radius 2 is 1.81 bits per heavy atom. The van der Waals surface area contributed by atoms with Crippen molar-refractivity contribution in [2.75, 3.05) is 11.1 Å². The molecule has 1 aliphatic heterocycles. The van der Waals surface area contributed by atoms with Crippen molar-refractivity contribution in [3.63, 3.8) is 0 Å². The number of hydrogen-bond acceptors (Lipinski definition) is 4. The second-order valence-corrected chi connectivity index (χ2v) is 10.2. The second kappa shape index (κ2) is 9.62. The molecule has 2 amide bonds. The molecule has 0 aliphatic carbocycles. The van der Waals surface area contributed by atoms with E-state index < -0.39 is 16.1 Å². The molecule has 166 valence electrons. The summed E-state index contributed by atoms with van der Waals surface area (Å²) in [5, 5.41) is 5.71. The lowest BCUT2D eigenvalue weighted by Crippen LogP contribution is -2.52. The maximum Gasteiger partial charge on any atom is 0.239 e. The van der Waals surface area contributed by atoms with E-state index in [9.17, 15) is 18.0 Å². The molecule has 8 heteroatoms. The van der Waals surface area contributed by atoms with Crippen LogP contribution in [0, 0.1) is 5.92 Å². The second-order valence-electron chi connectivity index (χ2n) is 8.00. The number of nitrogens with zero attached hydrogens (tertiary/aromatic N) is 1. The molecule has 31 heavy (non-hydrogen) atoms. The summed E-state index contributed by atoms with van der Waals surface area (Å²) in [5.41, 5.74) is 3.39. The Hall–Kier alpha value is -2.71. The predicted octanol–water partition coefficient (Wildman–Crippen LogP) is 2.67. The van der Waals surface area contributed by atoms with E-state index >= 15 is 0 Å². The lowest BCUT2D eigenvalue weighted by Gasteiger charge is -2.34. The smallest absolute Gasteiger partial charge is 0.239 e. The van der Waals surface area contributed by atoms with Gasteiger partial charge in [-0.05, 0) is 42.2 Å². The number of nitrogens with one attached hydrogen (secondary N) is 2. The standard InChI is InChI=1S/C23H29N3O4S/c1-4-31(29,30)26-15-19-10-6-5-9-18(19)13-21(26)23(28)24-14-17-8-7-11-20(12-17)25-22(27)16(2)3/h5-12,16,21H,4,13-15H2,1-3H3,(H,24,28)(H,25,27). The molecule has 1 heterocycles. The van der Waals surface area contributed by atoms with Gasteiger partial charge in [0.05, 0.1) is 5.75 Å². The summed E-state index contributed by atoms with van der Waals surface area (Å²) in [6.07, 6.45) is 0.339. The lowest BCUT2D eigenvalue weighted by atomic mass is 9.95. The van der Waals surface area contributed by atoms with Crippen LogP contribution >= 0.6 is 0 Å². The molecule has 0 fully saturated rings.